The standard InChI is InChI=1S/C11H16BrN.C8H10BrN.C4H6O4.C2H3BO2.Na/c1-7(2)13-10-5-8(3)11(12)9(4)6-10;1-5-3-7(10)4-6(2)8(5)9;1-3(5)7-8-4(2)6;1-2(4)5-3;/h5-7,13H,1-4H3;3-4H,10H2,1-2H3;1-2H3;1H3;/q;;;-1;+1. The van der Waals surface area contributed by atoms with E-state index in [-0.39, 0.29) is 29.6 Å². The van der Waals surface area contributed by atoms with Gasteiger partial charge in [0.25, 0.3) is 0 Å². The van der Waals surface area contributed by atoms with E-state index in [1.165, 1.54) is 39.3 Å². The molecule has 2 aromatic rings. The number of nitrogens with two attached hydrogens (primary N) is 1. The van der Waals surface area contributed by atoms with E-state index in [0.29, 0.717) is 6.04 Å². The van der Waals surface area contributed by atoms with Crippen molar-refractivity contribution in [3.05, 3.63) is 55.5 Å². The van der Waals surface area contributed by atoms with Crippen LogP contribution in [0, 0.1) is 27.7 Å². The molecule has 0 fully saturated rings. The molecule has 8 nitrogen and oxygen atoms in total. The molecule has 0 saturated carbocycles. The molecule has 0 aliphatic rings. The average molecular weight is 653 g/mol. The van der Waals surface area contributed by atoms with Crippen LogP contribution in [-0.2, 0) is 28.8 Å². The maximum Gasteiger partial charge on any atom is 1.00 e. The number of aryl methyl sites for hydroxylation is 4. The normalized spacial score (nSPS) is 9.00. The molecule has 0 amide bonds. The zero-order valence-corrected chi connectivity index (χ0v) is 28.4. The second kappa shape index (κ2) is 21.4. The predicted octanol–water partition coefficient (Wildman–Crippen LogP) is 3.20. The van der Waals surface area contributed by atoms with E-state index in [4.69, 9.17) is 5.73 Å². The Morgan fingerprint density at radius 3 is 1.32 bits per heavy atom. The van der Waals surface area contributed by atoms with Crippen molar-refractivity contribution in [2.75, 3.05) is 11.1 Å². The van der Waals surface area contributed by atoms with Crippen LogP contribution in [0.2, 0.25) is 0 Å². The molecule has 2 aromatic carbocycles. The molecular formula is C25H35BBr2N2NaO6. The Morgan fingerprint density at radius 2 is 1.08 bits per heavy atom. The van der Waals surface area contributed by atoms with Gasteiger partial charge in [-0.1, -0.05) is 31.9 Å². The van der Waals surface area contributed by atoms with E-state index in [0.717, 1.165) is 24.0 Å². The quantitative estimate of drug-likeness (QED) is 0.220. The third-order valence-electron chi connectivity index (χ3n) is 3.79. The summed E-state index contributed by atoms with van der Waals surface area (Å²) >= 11 is 7.01. The largest absolute Gasteiger partial charge is 1.00 e. The van der Waals surface area contributed by atoms with Gasteiger partial charge >= 0.3 is 41.5 Å². The second-order valence-corrected chi connectivity index (χ2v) is 9.54. The first kappa shape index (κ1) is 40.0. The SMILES string of the molecule is CC(=O)OOC(C)=O.Cc1cc(N)cc(C)c1Br.Cc1cc(NC(C)C)cc(C)c1Br.[B-]OC(C)=O.[Na+]. The first-order valence-electron chi connectivity index (χ1n) is 10.8. The van der Waals surface area contributed by atoms with E-state index in [1.807, 2.05) is 26.0 Å². The zero-order valence-electron chi connectivity index (χ0n) is 23.2. The Labute approximate surface area is 260 Å². The molecule has 0 heterocycles. The van der Waals surface area contributed by atoms with Gasteiger partial charge in [-0.2, -0.15) is 0 Å². The summed E-state index contributed by atoms with van der Waals surface area (Å²) in [6.07, 6.45) is 0. The number of nitrogens with one attached hydrogen (secondary N) is 1. The van der Waals surface area contributed by atoms with Crippen LogP contribution in [0.15, 0.2) is 33.2 Å². The van der Waals surface area contributed by atoms with Gasteiger partial charge in [0.2, 0.25) is 5.97 Å². The number of nitrogen functional groups attached to an aromatic ring is 1. The molecule has 0 bridgehead atoms. The van der Waals surface area contributed by atoms with Crippen molar-refractivity contribution in [2.24, 2.45) is 0 Å². The van der Waals surface area contributed by atoms with E-state index in [1.54, 1.807) is 0 Å². The fraction of sp³-hybridized carbons (Fsp3) is 0.400. The van der Waals surface area contributed by atoms with Crippen LogP contribution < -0.4 is 40.6 Å². The second-order valence-electron chi connectivity index (χ2n) is 7.95. The van der Waals surface area contributed by atoms with Crippen LogP contribution in [0.5, 0.6) is 0 Å². The molecule has 0 aliphatic carbocycles. The van der Waals surface area contributed by atoms with Gasteiger partial charge < -0.3 is 23.8 Å². The summed E-state index contributed by atoms with van der Waals surface area (Å²) in [7, 11) is 4.32. The number of halogens is 2. The number of carbonyl (C=O) groups excluding carboxylic acids is 3. The van der Waals surface area contributed by atoms with Crippen molar-refractivity contribution in [2.45, 2.75) is 68.4 Å². The van der Waals surface area contributed by atoms with Crippen LogP contribution >= 0.6 is 31.9 Å². The molecule has 0 atom stereocenters. The molecule has 2 rings (SSSR count). The minimum absolute atomic E-state index is 0. The van der Waals surface area contributed by atoms with Gasteiger partial charge in [-0.3, -0.25) is 4.79 Å². The molecule has 0 aromatic heterocycles. The summed E-state index contributed by atoms with van der Waals surface area (Å²) in [6.45, 7) is 16.1. The summed E-state index contributed by atoms with van der Waals surface area (Å²) < 4.78 is 5.98. The van der Waals surface area contributed by atoms with Crippen molar-refractivity contribution in [1.82, 2.24) is 0 Å². The molecule has 199 valence electrons. The van der Waals surface area contributed by atoms with E-state index in [2.05, 4.69) is 99.5 Å². The Hall–Kier alpha value is -1.53. The van der Waals surface area contributed by atoms with Crippen LogP contribution in [0.4, 0.5) is 11.4 Å². The number of hydrogen-bond donors (Lipinski definition) is 2. The molecule has 3 radical (unpaired) electrons. The molecule has 37 heavy (non-hydrogen) atoms. The first-order chi connectivity index (χ1) is 16.5. The number of rotatable bonds is 2. The molecule has 0 spiro atoms. The van der Waals surface area contributed by atoms with Crippen molar-refractivity contribution >= 4 is 69.2 Å². The smallest absolute Gasteiger partial charge is 0.793 e. The average Bonchev–Trinajstić information content (AvgIpc) is 2.75. The molecule has 0 aliphatic heterocycles. The monoisotopic (exact) mass is 651 g/mol. The number of benzene rings is 2. The molecular weight excluding hydrogens is 618 g/mol. The number of hydrogen-bond acceptors (Lipinski definition) is 8. The summed E-state index contributed by atoms with van der Waals surface area (Å²) in [5, 5.41) is 3.39. The summed E-state index contributed by atoms with van der Waals surface area (Å²) in [6, 6.07) is 8.72. The third-order valence-corrected chi connectivity index (χ3v) is 6.29. The maximum atomic E-state index is 9.85. The van der Waals surface area contributed by atoms with E-state index in [9.17, 15) is 14.4 Å². The van der Waals surface area contributed by atoms with E-state index < -0.39 is 17.9 Å². The number of anilines is 2. The molecule has 0 saturated heterocycles. The third kappa shape index (κ3) is 21.1. The van der Waals surface area contributed by atoms with Crippen molar-refractivity contribution in [3.63, 3.8) is 0 Å². The van der Waals surface area contributed by atoms with Crippen molar-refractivity contribution in [1.29, 1.82) is 0 Å². The van der Waals surface area contributed by atoms with Crippen LogP contribution in [-0.4, -0.2) is 32.0 Å². The van der Waals surface area contributed by atoms with Gasteiger partial charge in [0, 0.05) is 47.1 Å². The number of carbonyl (C=O) groups is 3. The van der Waals surface area contributed by atoms with E-state index >= 15 is 0 Å². The molecule has 12 heteroatoms. The van der Waals surface area contributed by atoms with Crippen LogP contribution in [0.25, 0.3) is 0 Å². The van der Waals surface area contributed by atoms with Gasteiger partial charge in [0.1, 0.15) is 0 Å². The Balaban J connectivity index is -0.000000435. The summed E-state index contributed by atoms with van der Waals surface area (Å²) in [5.74, 6) is -1.74. The first-order valence-corrected chi connectivity index (χ1v) is 12.4. The van der Waals surface area contributed by atoms with Gasteiger partial charge in [-0.05, 0) is 88.1 Å². The van der Waals surface area contributed by atoms with Gasteiger partial charge in [-0.15, -0.1) is 0 Å². The Bertz CT molecular complexity index is 963. The van der Waals surface area contributed by atoms with Gasteiger partial charge in [0.05, 0.1) is 0 Å². The van der Waals surface area contributed by atoms with Crippen LogP contribution in [0.3, 0.4) is 0 Å². The van der Waals surface area contributed by atoms with Crippen molar-refractivity contribution < 1.29 is 58.4 Å². The molecule has 0 unspecified atom stereocenters. The van der Waals surface area contributed by atoms with Gasteiger partial charge in [-0.25, -0.2) is 19.4 Å². The minimum atomic E-state index is -0.639. The van der Waals surface area contributed by atoms with Gasteiger partial charge in [0.15, 0.2) is 0 Å². The summed E-state index contributed by atoms with van der Waals surface area (Å²) in [4.78, 5) is 36.8. The fourth-order valence-corrected chi connectivity index (χ4v) is 2.92. The summed E-state index contributed by atoms with van der Waals surface area (Å²) in [5.41, 5.74) is 12.6. The van der Waals surface area contributed by atoms with Crippen LogP contribution in [0.1, 0.15) is 56.9 Å². The topological polar surface area (TPSA) is 117 Å². The molecule has 3 N–H and O–H groups in total. The maximum absolute atomic E-state index is 9.85. The fourth-order valence-electron chi connectivity index (χ4n) is 2.46. The Morgan fingerprint density at radius 1 is 0.784 bits per heavy atom. The zero-order chi connectivity index (χ0) is 28.6. The Kier molecular flexibility index (Phi) is 23.1. The van der Waals surface area contributed by atoms with Crippen molar-refractivity contribution in [3.8, 4) is 0 Å². The minimum Gasteiger partial charge on any atom is -0.793 e. The predicted molar refractivity (Wildman–Crippen MR) is 151 cm³/mol.